The van der Waals surface area contributed by atoms with Crippen LogP contribution in [0.4, 0.5) is 0 Å². The second kappa shape index (κ2) is 12.1. The molecule has 1 atom stereocenters. The van der Waals surface area contributed by atoms with Gasteiger partial charge < -0.3 is 9.47 Å². The van der Waals surface area contributed by atoms with Gasteiger partial charge in [-0.25, -0.2) is 0 Å². The number of likely N-dealkylation sites (tertiary alicyclic amines) is 1. The molecule has 2 aliphatic rings. The second-order valence-electron chi connectivity index (χ2n) is 11.0. The number of hydrogen-bond acceptors (Lipinski definition) is 4. The fourth-order valence-electron chi connectivity index (χ4n) is 6.93. The Hall–Kier alpha value is -3.55. The van der Waals surface area contributed by atoms with Crippen LogP contribution in [0.2, 0.25) is 0 Å². The molecule has 0 radical (unpaired) electrons. The summed E-state index contributed by atoms with van der Waals surface area (Å²) in [4.78, 5) is 2.73. The summed E-state index contributed by atoms with van der Waals surface area (Å²) in [5.74, 6) is 1.65. The van der Waals surface area contributed by atoms with Crippen molar-refractivity contribution in [1.29, 1.82) is 5.26 Å². The van der Waals surface area contributed by atoms with Crippen molar-refractivity contribution in [2.75, 3.05) is 27.3 Å². The van der Waals surface area contributed by atoms with E-state index in [1.165, 1.54) is 47.9 Å². The summed E-state index contributed by atoms with van der Waals surface area (Å²) in [5, 5.41) is 9.57. The highest BCUT2D eigenvalue weighted by Crippen LogP contribution is 2.43. The zero-order valence-corrected chi connectivity index (χ0v) is 23.4. The number of hydrogen-bond donors (Lipinski definition) is 0. The highest BCUT2D eigenvalue weighted by molar-refractivity contribution is 5.49. The number of ether oxygens (including phenoxy) is 2. The molecule has 0 N–H and O–H groups in total. The average Bonchev–Trinajstić information content (AvgIpc) is 3.00. The Kier molecular flexibility index (Phi) is 8.38. The molecule has 1 aliphatic carbocycles. The molecule has 3 aromatic rings. The van der Waals surface area contributed by atoms with Crippen LogP contribution < -0.4 is 9.47 Å². The summed E-state index contributed by atoms with van der Waals surface area (Å²) in [7, 11) is 3.43. The molecule has 1 fully saturated rings. The van der Waals surface area contributed by atoms with Gasteiger partial charge in [-0.1, -0.05) is 79.2 Å². The molecule has 1 saturated heterocycles. The normalized spacial score (nSPS) is 19.5. The lowest BCUT2D eigenvalue weighted by Gasteiger charge is -2.50. The average molecular weight is 521 g/mol. The summed E-state index contributed by atoms with van der Waals surface area (Å²) in [5.41, 5.74) is 5.11. The van der Waals surface area contributed by atoms with E-state index in [4.69, 9.17) is 9.47 Å². The third-order valence-corrected chi connectivity index (χ3v) is 9.01. The Morgan fingerprint density at radius 3 is 2.15 bits per heavy atom. The highest BCUT2D eigenvalue weighted by Gasteiger charge is 2.41. The van der Waals surface area contributed by atoms with Crippen LogP contribution in [0.15, 0.2) is 84.9 Å². The van der Waals surface area contributed by atoms with Gasteiger partial charge >= 0.3 is 0 Å². The van der Waals surface area contributed by atoms with Crippen molar-refractivity contribution in [3.8, 4) is 17.6 Å². The number of nitrogens with zero attached hydrogens (tertiary/aromatic N) is 2. The van der Waals surface area contributed by atoms with Gasteiger partial charge in [0.15, 0.2) is 11.5 Å². The molecule has 0 saturated carbocycles. The number of methoxy groups -OCH3 is 2. The lowest BCUT2D eigenvalue weighted by Crippen LogP contribution is -2.55. The smallest absolute Gasteiger partial charge is 0.161 e. The number of aryl methyl sites for hydroxylation is 1. The molecule has 1 heterocycles. The van der Waals surface area contributed by atoms with Gasteiger partial charge in [0.05, 0.1) is 20.3 Å². The van der Waals surface area contributed by atoms with E-state index in [9.17, 15) is 5.26 Å². The summed E-state index contributed by atoms with van der Waals surface area (Å²) < 4.78 is 11.2. The predicted molar refractivity (Wildman–Crippen MR) is 157 cm³/mol. The number of piperidine rings is 1. The second-order valence-corrected chi connectivity index (χ2v) is 11.0. The highest BCUT2D eigenvalue weighted by atomic mass is 16.5. The van der Waals surface area contributed by atoms with Crippen LogP contribution >= 0.6 is 0 Å². The number of rotatable bonds is 9. The van der Waals surface area contributed by atoms with Crippen molar-refractivity contribution >= 4 is 0 Å². The Labute approximate surface area is 233 Å². The van der Waals surface area contributed by atoms with E-state index in [0.29, 0.717) is 6.42 Å². The molecule has 1 aliphatic heterocycles. The first-order valence-corrected chi connectivity index (χ1v) is 14.3. The number of fused-ring (bicyclic) bond motifs is 1. The van der Waals surface area contributed by atoms with Crippen molar-refractivity contribution in [2.24, 2.45) is 0 Å². The van der Waals surface area contributed by atoms with Crippen LogP contribution in [0.1, 0.15) is 60.8 Å². The molecule has 3 aromatic carbocycles. The fraction of sp³-hybridized carbons (Fsp3) is 0.400. The zero-order valence-electron chi connectivity index (χ0n) is 23.4. The van der Waals surface area contributed by atoms with E-state index in [1.807, 2.05) is 0 Å². The molecule has 202 valence electrons. The number of allylic oxidation sites excluding steroid dienone is 1. The summed E-state index contributed by atoms with van der Waals surface area (Å²) in [6.45, 7) is 2.03. The molecule has 1 spiro atoms. The summed E-state index contributed by atoms with van der Waals surface area (Å²) in [6.07, 6.45) is 13.1. The van der Waals surface area contributed by atoms with Crippen LogP contribution in [0.5, 0.6) is 11.5 Å². The van der Waals surface area contributed by atoms with Gasteiger partial charge in [-0.2, -0.15) is 5.26 Å². The number of nitriles is 1. The van der Waals surface area contributed by atoms with Crippen molar-refractivity contribution in [2.45, 2.75) is 62.3 Å². The molecule has 0 bridgehead atoms. The minimum atomic E-state index is -0.329. The lowest BCUT2D eigenvalue weighted by molar-refractivity contribution is 0.0446. The quantitative estimate of drug-likeness (QED) is 0.279. The lowest BCUT2D eigenvalue weighted by atomic mass is 9.70. The van der Waals surface area contributed by atoms with Gasteiger partial charge in [0, 0.05) is 23.9 Å². The first-order chi connectivity index (χ1) is 19.1. The molecular weight excluding hydrogens is 480 g/mol. The number of benzene rings is 3. The minimum Gasteiger partial charge on any atom is -0.493 e. The Morgan fingerprint density at radius 1 is 0.897 bits per heavy atom. The maximum absolute atomic E-state index is 9.57. The van der Waals surface area contributed by atoms with E-state index in [1.54, 1.807) is 14.2 Å². The maximum Gasteiger partial charge on any atom is 0.161 e. The van der Waals surface area contributed by atoms with Crippen LogP contribution in [0, 0.1) is 11.3 Å². The van der Waals surface area contributed by atoms with Crippen LogP contribution in [0.3, 0.4) is 0 Å². The SMILES string of the molecule is COc1cc2c(cc1OC)CC1(CCCCN1CC=CC(CCC#N)(c1ccccc1)c1ccccc1)CC2. The van der Waals surface area contributed by atoms with Crippen molar-refractivity contribution < 1.29 is 9.47 Å². The third-order valence-electron chi connectivity index (χ3n) is 9.01. The van der Waals surface area contributed by atoms with Gasteiger partial charge in [0.2, 0.25) is 0 Å². The molecule has 1 unspecified atom stereocenters. The molecule has 4 nitrogen and oxygen atoms in total. The molecule has 0 amide bonds. The minimum absolute atomic E-state index is 0.171. The van der Waals surface area contributed by atoms with Crippen molar-refractivity contribution in [3.63, 3.8) is 0 Å². The van der Waals surface area contributed by atoms with E-state index in [0.717, 1.165) is 43.9 Å². The zero-order chi connectivity index (χ0) is 27.1. The third kappa shape index (κ3) is 5.47. The molecule has 0 aromatic heterocycles. The molecular formula is C35H40N2O2. The topological polar surface area (TPSA) is 45.5 Å². The van der Waals surface area contributed by atoms with E-state index in [2.05, 4.69) is 95.9 Å². The molecule has 4 heteroatoms. The van der Waals surface area contributed by atoms with Gasteiger partial charge in [-0.3, -0.25) is 4.90 Å². The summed E-state index contributed by atoms with van der Waals surface area (Å²) in [6, 6.07) is 28.2. The van der Waals surface area contributed by atoms with Gasteiger partial charge in [-0.05, 0) is 79.5 Å². The standard InChI is InChI=1S/C35H40N2O2/c1-38-32-25-28-17-21-34(27-29(28)26-33(32)39-2)18-9-10-23-37(34)24-12-20-35(19-11-22-36,30-13-5-3-6-14-30)31-15-7-4-8-16-31/h3-8,12-16,20,25-26H,9-11,17-19,21,23-24,27H2,1-2H3. The maximum atomic E-state index is 9.57. The van der Waals surface area contributed by atoms with Crippen LogP contribution in [-0.4, -0.2) is 37.7 Å². The van der Waals surface area contributed by atoms with E-state index in [-0.39, 0.29) is 11.0 Å². The van der Waals surface area contributed by atoms with Crippen molar-refractivity contribution in [1.82, 2.24) is 4.90 Å². The van der Waals surface area contributed by atoms with Crippen LogP contribution in [0.25, 0.3) is 0 Å². The van der Waals surface area contributed by atoms with E-state index < -0.39 is 0 Å². The Balaban J connectivity index is 1.45. The Morgan fingerprint density at radius 2 is 1.54 bits per heavy atom. The largest absolute Gasteiger partial charge is 0.493 e. The van der Waals surface area contributed by atoms with E-state index >= 15 is 0 Å². The van der Waals surface area contributed by atoms with Gasteiger partial charge in [0.1, 0.15) is 0 Å². The monoisotopic (exact) mass is 520 g/mol. The molecule has 39 heavy (non-hydrogen) atoms. The van der Waals surface area contributed by atoms with Crippen molar-refractivity contribution in [3.05, 3.63) is 107 Å². The van der Waals surface area contributed by atoms with Gasteiger partial charge in [0.25, 0.3) is 0 Å². The fourth-order valence-corrected chi connectivity index (χ4v) is 6.93. The van der Waals surface area contributed by atoms with Crippen LogP contribution in [-0.2, 0) is 18.3 Å². The summed E-state index contributed by atoms with van der Waals surface area (Å²) >= 11 is 0. The Bertz CT molecular complexity index is 1270. The predicted octanol–water partition coefficient (Wildman–Crippen LogP) is 7.26. The first kappa shape index (κ1) is 27.0. The van der Waals surface area contributed by atoms with Gasteiger partial charge in [-0.15, -0.1) is 0 Å². The molecule has 5 rings (SSSR count). The first-order valence-electron chi connectivity index (χ1n) is 14.3.